The van der Waals surface area contributed by atoms with Gasteiger partial charge in [0.1, 0.15) is 0 Å². The summed E-state index contributed by atoms with van der Waals surface area (Å²) in [6.07, 6.45) is 11.1. The monoisotopic (exact) mass is 270 g/mol. The fourth-order valence-electron chi connectivity index (χ4n) is 1.96. The first kappa shape index (κ1) is 15.7. The van der Waals surface area contributed by atoms with Crippen LogP contribution in [0.15, 0.2) is 66.4 Å². The van der Waals surface area contributed by atoms with Crippen LogP contribution in [0, 0.1) is 0 Å². The van der Waals surface area contributed by atoms with Crippen LogP contribution in [0.5, 0.6) is 0 Å². The maximum absolute atomic E-state index is 4.28. The minimum absolute atomic E-state index is 1.15. The van der Waals surface area contributed by atoms with Gasteiger partial charge in [-0.1, -0.05) is 98.4 Å². The summed E-state index contributed by atoms with van der Waals surface area (Å²) in [5.41, 5.74) is 1.43. The van der Waals surface area contributed by atoms with Crippen molar-refractivity contribution in [2.24, 2.45) is 0 Å². The van der Waals surface area contributed by atoms with Crippen molar-refractivity contribution < 1.29 is 0 Å². The molecule has 0 atom stereocenters. The number of benzene rings is 1. The SMILES string of the molecule is C=C(/C=C\C=C\CCC)[Si](C)(C)Cc1ccccc1. The van der Waals surface area contributed by atoms with Crippen molar-refractivity contribution in [3.05, 3.63) is 72.0 Å². The van der Waals surface area contributed by atoms with Crippen molar-refractivity contribution in [1.29, 1.82) is 0 Å². The third-order valence-electron chi connectivity index (χ3n) is 3.36. The number of rotatable bonds is 7. The molecule has 0 aromatic heterocycles. The largest absolute Gasteiger partial charge is 0.0998 e. The van der Waals surface area contributed by atoms with E-state index in [1.165, 1.54) is 17.2 Å². The van der Waals surface area contributed by atoms with E-state index < -0.39 is 8.07 Å². The average Bonchev–Trinajstić information content (AvgIpc) is 2.39. The highest BCUT2D eigenvalue weighted by atomic mass is 28.3. The van der Waals surface area contributed by atoms with Crippen molar-refractivity contribution in [2.45, 2.75) is 38.9 Å². The Hall–Kier alpha value is -1.34. The lowest BCUT2D eigenvalue weighted by atomic mass is 10.2. The topological polar surface area (TPSA) is 0 Å². The van der Waals surface area contributed by atoms with Gasteiger partial charge in [0.15, 0.2) is 0 Å². The minimum atomic E-state index is -1.43. The maximum atomic E-state index is 4.28. The third kappa shape index (κ3) is 5.89. The molecule has 1 heteroatoms. The van der Waals surface area contributed by atoms with Crippen LogP contribution < -0.4 is 0 Å². The van der Waals surface area contributed by atoms with Crippen LogP contribution >= 0.6 is 0 Å². The molecule has 0 aliphatic heterocycles. The molecule has 1 aromatic rings. The summed E-state index contributed by atoms with van der Waals surface area (Å²) in [5, 5.41) is 1.32. The lowest BCUT2D eigenvalue weighted by molar-refractivity contribution is 0.959. The molecule has 1 rings (SSSR count). The van der Waals surface area contributed by atoms with E-state index in [0.29, 0.717) is 0 Å². The highest BCUT2D eigenvalue weighted by Crippen LogP contribution is 2.20. The molecule has 0 nitrogen and oxygen atoms in total. The molecule has 0 bridgehead atoms. The molecule has 0 saturated carbocycles. The van der Waals surface area contributed by atoms with E-state index in [2.05, 4.69) is 81.2 Å². The molecule has 19 heavy (non-hydrogen) atoms. The van der Waals surface area contributed by atoms with Gasteiger partial charge in [-0.05, 0) is 12.5 Å². The van der Waals surface area contributed by atoms with Crippen molar-refractivity contribution in [3.63, 3.8) is 0 Å². The highest BCUT2D eigenvalue weighted by Gasteiger charge is 2.22. The Balaban J connectivity index is 2.59. The average molecular weight is 270 g/mol. The van der Waals surface area contributed by atoms with Gasteiger partial charge in [0.25, 0.3) is 0 Å². The summed E-state index contributed by atoms with van der Waals surface area (Å²) in [6.45, 7) is 11.3. The van der Waals surface area contributed by atoms with Gasteiger partial charge in [0.2, 0.25) is 0 Å². The summed E-state index contributed by atoms with van der Waals surface area (Å²) >= 11 is 0. The fraction of sp³-hybridized carbons (Fsp3) is 0.333. The van der Waals surface area contributed by atoms with Gasteiger partial charge in [-0.3, -0.25) is 0 Å². The molecular formula is C18H26Si. The maximum Gasteiger partial charge on any atom is 0.0841 e. The molecule has 0 saturated heterocycles. The zero-order valence-electron chi connectivity index (χ0n) is 12.5. The Bertz CT molecular complexity index is 438. The van der Waals surface area contributed by atoms with E-state index in [1.807, 2.05) is 0 Å². The fourth-order valence-corrected chi connectivity index (χ4v) is 3.99. The van der Waals surface area contributed by atoms with Crippen molar-refractivity contribution in [2.75, 3.05) is 0 Å². The van der Waals surface area contributed by atoms with Crippen LogP contribution in [0.4, 0.5) is 0 Å². The van der Waals surface area contributed by atoms with Gasteiger partial charge >= 0.3 is 0 Å². The molecule has 1 aromatic carbocycles. The van der Waals surface area contributed by atoms with Crippen LogP contribution in [0.1, 0.15) is 25.3 Å². The number of hydrogen-bond donors (Lipinski definition) is 0. The summed E-state index contributed by atoms with van der Waals surface area (Å²) in [4.78, 5) is 0. The molecule has 0 spiro atoms. The van der Waals surface area contributed by atoms with Gasteiger partial charge < -0.3 is 0 Å². The Morgan fingerprint density at radius 3 is 2.47 bits per heavy atom. The molecule has 0 unspecified atom stereocenters. The van der Waals surface area contributed by atoms with E-state index in [4.69, 9.17) is 0 Å². The molecule has 0 aliphatic rings. The predicted molar refractivity (Wildman–Crippen MR) is 90.0 cm³/mol. The molecule has 0 N–H and O–H groups in total. The van der Waals surface area contributed by atoms with Crippen LogP contribution in [-0.2, 0) is 6.04 Å². The van der Waals surface area contributed by atoms with Crippen LogP contribution in [0.2, 0.25) is 13.1 Å². The number of hydrogen-bond acceptors (Lipinski definition) is 0. The number of allylic oxidation sites excluding steroid dienone is 5. The van der Waals surface area contributed by atoms with Gasteiger partial charge in [0, 0.05) is 0 Å². The zero-order chi connectivity index (χ0) is 14.1. The Morgan fingerprint density at radius 2 is 1.84 bits per heavy atom. The van der Waals surface area contributed by atoms with E-state index in [0.717, 1.165) is 12.5 Å². The van der Waals surface area contributed by atoms with E-state index in [1.54, 1.807) is 0 Å². The standard InChI is InChI=1S/C18H26Si/c1-5-6-7-8-10-13-17(2)19(3,4)16-18-14-11-9-12-15-18/h7-15H,2,5-6,16H2,1,3-4H3/b8-7+,13-10-. The highest BCUT2D eigenvalue weighted by molar-refractivity contribution is 6.84. The molecule has 0 heterocycles. The smallest absolute Gasteiger partial charge is 0.0841 e. The predicted octanol–water partition coefficient (Wildman–Crippen LogP) is 5.48. The lowest BCUT2D eigenvalue weighted by Crippen LogP contribution is -2.31. The van der Waals surface area contributed by atoms with Gasteiger partial charge in [-0.2, -0.15) is 0 Å². The summed E-state index contributed by atoms with van der Waals surface area (Å²) in [6, 6.07) is 11.9. The normalized spacial score (nSPS) is 12.4. The van der Waals surface area contributed by atoms with Crippen molar-refractivity contribution in [1.82, 2.24) is 0 Å². The van der Waals surface area contributed by atoms with Crippen LogP contribution in [-0.4, -0.2) is 8.07 Å². The van der Waals surface area contributed by atoms with Gasteiger partial charge in [0.05, 0.1) is 8.07 Å². The van der Waals surface area contributed by atoms with Gasteiger partial charge in [-0.25, -0.2) is 0 Å². The van der Waals surface area contributed by atoms with Crippen molar-refractivity contribution in [3.8, 4) is 0 Å². The molecule has 0 amide bonds. The Labute approximate surface area is 119 Å². The second-order valence-electron chi connectivity index (χ2n) is 5.65. The van der Waals surface area contributed by atoms with E-state index in [9.17, 15) is 0 Å². The Morgan fingerprint density at radius 1 is 1.16 bits per heavy atom. The first-order valence-electron chi connectivity index (χ1n) is 7.13. The lowest BCUT2D eigenvalue weighted by Gasteiger charge is -2.23. The minimum Gasteiger partial charge on any atom is -0.0998 e. The third-order valence-corrected chi connectivity index (χ3v) is 6.56. The molecule has 0 radical (unpaired) electrons. The quantitative estimate of drug-likeness (QED) is 0.454. The van der Waals surface area contributed by atoms with E-state index in [-0.39, 0.29) is 0 Å². The van der Waals surface area contributed by atoms with Gasteiger partial charge in [-0.15, -0.1) is 0 Å². The second kappa shape index (κ2) is 7.95. The molecule has 102 valence electrons. The molecular weight excluding hydrogens is 244 g/mol. The summed E-state index contributed by atoms with van der Waals surface area (Å²) < 4.78 is 0. The zero-order valence-corrected chi connectivity index (χ0v) is 13.5. The van der Waals surface area contributed by atoms with Crippen molar-refractivity contribution >= 4 is 8.07 Å². The van der Waals surface area contributed by atoms with E-state index >= 15 is 0 Å². The first-order valence-corrected chi connectivity index (χ1v) is 10.3. The first-order chi connectivity index (χ1) is 9.06. The number of unbranched alkanes of at least 4 members (excludes halogenated alkanes) is 1. The summed E-state index contributed by atoms with van der Waals surface area (Å²) in [5.74, 6) is 0. The van der Waals surface area contributed by atoms with Crippen LogP contribution in [0.3, 0.4) is 0 Å². The van der Waals surface area contributed by atoms with Crippen LogP contribution in [0.25, 0.3) is 0 Å². The summed E-state index contributed by atoms with van der Waals surface area (Å²) in [7, 11) is -1.43. The molecule has 0 fully saturated rings. The molecule has 0 aliphatic carbocycles. The Kier molecular flexibility index (Phi) is 6.58. The second-order valence-corrected chi connectivity index (χ2v) is 10.4.